The molecule has 1 amide bonds. The summed E-state index contributed by atoms with van der Waals surface area (Å²) in [5, 5.41) is 0. The maximum absolute atomic E-state index is 12.6. The van der Waals surface area contributed by atoms with Crippen LogP contribution in [0.25, 0.3) is 17.3 Å². The molecule has 1 aliphatic rings. The van der Waals surface area contributed by atoms with Gasteiger partial charge in [0.25, 0.3) is 5.91 Å². The number of hydrogen-bond donors (Lipinski definition) is 0. The van der Waals surface area contributed by atoms with Crippen LogP contribution in [0.3, 0.4) is 0 Å². The Morgan fingerprint density at radius 3 is 2.73 bits per heavy atom. The van der Waals surface area contributed by atoms with Crippen molar-refractivity contribution in [3.8, 4) is 0 Å². The molecule has 22 heavy (non-hydrogen) atoms. The molecule has 3 heterocycles. The smallest absolute Gasteiger partial charge is 0.258 e. The van der Waals surface area contributed by atoms with Gasteiger partial charge in [-0.3, -0.25) is 9.20 Å². The van der Waals surface area contributed by atoms with Crippen LogP contribution in [-0.2, 0) is 4.79 Å². The first-order valence-corrected chi connectivity index (χ1v) is 7.19. The number of carbonyl (C=O) groups excluding carboxylic acids is 1. The number of rotatable bonds is 1. The van der Waals surface area contributed by atoms with E-state index >= 15 is 0 Å². The Hall–Kier alpha value is -2.88. The average molecular weight is 289 g/mol. The summed E-state index contributed by atoms with van der Waals surface area (Å²) in [6, 6.07) is 13.8. The summed E-state index contributed by atoms with van der Waals surface area (Å²) in [4.78, 5) is 18.8. The van der Waals surface area contributed by atoms with Gasteiger partial charge in [-0.1, -0.05) is 24.3 Å². The molecule has 108 valence electrons. The largest absolute Gasteiger partial charge is 0.311 e. The summed E-state index contributed by atoms with van der Waals surface area (Å²) in [5.74, 6) is 0.0199. The van der Waals surface area contributed by atoms with Crippen molar-refractivity contribution in [2.45, 2.75) is 6.92 Å². The summed E-state index contributed by atoms with van der Waals surface area (Å²) in [7, 11) is 1.81. The van der Waals surface area contributed by atoms with Crippen molar-refractivity contribution < 1.29 is 4.79 Å². The standard InChI is InChI=1S/C18H15N3O/c1-12-16(21-10-6-5-9-17(21)19-12)11-14-13-7-3-4-8-15(13)20(2)18(14)22/h3-11H,1-2H3. The van der Waals surface area contributed by atoms with E-state index in [0.717, 1.165) is 28.3 Å². The first kappa shape index (κ1) is 12.8. The van der Waals surface area contributed by atoms with Gasteiger partial charge in [0.2, 0.25) is 0 Å². The quantitative estimate of drug-likeness (QED) is 0.645. The molecule has 4 heteroatoms. The molecule has 1 aromatic carbocycles. The van der Waals surface area contributed by atoms with Gasteiger partial charge in [0.1, 0.15) is 5.65 Å². The number of imidazole rings is 1. The highest BCUT2D eigenvalue weighted by Gasteiger charge is 2.29. The van der Waals surface area contributed by atoms with Crippen LogP contribution in [0.15, 0.2) is 48.7 Å². The number of aryl methyl sites for hydroxylation is 1. The number of nitrogens with zero attached hydrogens (tertiary/aromatic N) is 3. The van der Waals surface area contributed by atoms with Crippen molar-refractivity contribution in [1.82, 2.24) is 9.38 Å². The van der Waals surface area contributed by atoms with E-state index < -0.39 is 0 Å². The predicted octanol–water partition coefficient (Wildman–Crippen LogP) is 3.16. The molecule has 0 atom stereocenters. The van der Waals surface area contributed by atoms with Crippen molar-refractivity contribution >= 4 is 28.9 Å². The van der Waals surface area contributed by atoms with E-state index in [1.807, 2.05) is 73.1 Å². The molecule has 2 aromatic heterocycles. The predicted molar refractivity (Wildman–Crippen MR) is 87.7 cm³/mol. The molecular formula is C18H15N3O. The highest BCUT2D eigenvalue weighted by molar-refractivity contribution is 6.35. The first-order chi connectivity index (χ1) is 10.7. The van der Waals surface area contributed by atoms with E-state index in [4.69, 9.17) is 0 Å². The molecule has 1 aliphatic heterocycles. The van der Waals surface area contributed by atoms with Gasteiger partial charge in [-0.15, -0.1) is 0 Å². The minimum atomic E-state index is 0.0199. The highest BCUT2D eigenvalue weighted by Crippen LogP contribution is 2.36. The minimum absolute atomic E-state index is 0.0199. The molecule has 4 rings (SSSR count). The van der Waals surface area contributed by atoms with Crippen molar-refractivity contribution in [2.24, 2.45) is 0 Å². The number of carbonyl (C=O) groups is 1. The zero-order chi connectivity index (χ0) is 15.3. The second-order valence-electron chi connectivity index (χ2n) is 5.45. The summed E-state index contributed by atoms with van der Waals surface area (Å²) in [5.41, 5.74) is 5.39. The second-order valence-corrected chi connectivity index (χ2v) is 5.45. The molecule has 0 spiro atoms. The maximum atomic E-state index is 12.6. The Bertz CT molecular complexity index is 936. The van der Waals surface area contributed by atoms with Gasteiger partial charge in [0.05, 0.1) is 22.6 Å². The molecule has 0 unspecified atom stereocenters. The summed E-state index contributed by atoms with van der Waals surface area (Å²) < 4.78 is 2.01. The molecule has 0 bridgehead atoms. The normalized spacial score (nSPS) is 15.8. The number of aromatic nitrogens is 2. The number of benzene rings is 1. The van der Waals surface area contributed by atoms with Gasteiger partial charge < -0.3 is 4.90 Å². The molecule has 0 radical (unpaired) electrons. The third-order valence-electron chi connectivity index (χ3n) is 4.12. The van der Waals surface area contributed by atoms with Crippen molar-refractivity contribution in [3.63, 3.8) is 0 Å². The molecule has 0 saturated heterocycles. The molecular weight excluding hydrogens is 274 g/mol. The van der Waals surface area contributed by atoms with Crippen LogP contribution in [0.5, 0.6) is 0 Å². The van der Waals surface area contributed by atoms with Crippen LogP contribution >= 0.6 is 0 Å². The third-order valence-corrected chi connectivity index (χ3v) is 4.12. The Kier molecular flexibility index (Phi) is 2.66. The van der Waals surface area contributed by atoms with Crippen molar-refractivity contribution in [1.29, 1.82) is 0 Å². The molecule has 3 aromatic rings. The Morgan fingerprint density at radius 1 is 1.09 bits per heavy atom. The molecule has 0 fully saturated rings. The van der Waals surface area contributed by atoms with E-state index in [-0.39, 0.29) is 5.91 Å². The van der Waals surface area contributed by atoms with E-state index in [0.29, 0.717) is 5.57 Å². The number of anilines is 1. The van der Waals surface area contributed by atoms with Crippen LogP contribution in [0.2, 0.25) is 0 Å². The van der Waals surface area contributed by atoms with Crippen LogP contribution in [0.4, 0.5) is 5.69 Å². The lowest BCUT2D eigenvalue weighted by atomic mass is 10.1. The van der Waals surface area contributed by atoms with E-state index in [9.17, 15) is 4.79 Å². The van der Waals surface area contributed by atoms with Gasteiger partial charge in [-0.05, 0) is 31.2 Å². The zero-order valence-corrected chi connectivity index (χ0v) is 12.4. The average Bonchev–Trinajstić information content (AvgIpc) is 2.98. The SMILES string of the molecule is Cc1nc2ccccn2c1C=C1C(=O)N(C)c2ccccc21. The summed E-state index contributed by atoms with van der Waals surface area (Å²) in [6.45, 7) is 1.97. The summed E-state index contributed by atoms with van der Waals surface area (Å²) in [6.07, 6.45) is 3.91. The lowest BCUT2D eigenvalue weighted by molar-refractivity contribution is -0.112. The first-order valence-electron chi connectivity index (χ1n) is 7.19. The molecule has 4 nitrogen and oxygen atoms in total. The number of amides is 1. The lowest BCUT2D eigenvalue weighted by Gasteiger charge is -2.07. The van der Waals surface area contributed by atoms with Crippen LogP contribution in [0.1, 0.15) is 17.0 Å². The fraction of sp³-hybridized carbons (Fsp3) is 0.111. The van der Waals surface area contributed by atoms with E-state index in [1.54, 1.807) is 4.90 Å². The van der Waals surface area contributed by atoms with Gasteiger partial charge in [0.15, 0.2) is 0 Å². The molecule has 0 saturated carbocycles. The van der Waals surface area contributed by atoms with Crippen LogP contribution in [0, 0.1) is 6.92 Å². The van der Waals surface area contributed by atoms with Gasteiger partial charge in [0, 0.05) is 18.8 Å². The number of para-hydroxylation sites is 1. The fourth-order valence-electron chi connectivity index (χ4n) is 2.98. The van der Waals surface area contributed by atoms with Crippen molar-refractivity contribution in [2.75, 3.05) is 11.9 Å². The minimum Gasteiger partial charge on any atom is -0.311 e. The Balaban J connectivity index is 1.96. The number of pyridine rings is 1. The topological polar surface area (TPSA) is 37.6 Å². The highest BCUT2D eigenvalue weighted by atomic mass is 16.2. The number of fused-ring (bicyclic) bond motifs is 2. The monoisotopic (exact) mass is 289 g/mol. The third kappa shape index (κ3) is 1.70. The van der Waals surface area contributed by atoms with Crippen LogP contribution in [-0.4, -0.2) is 22.3 Å². The lowest BCUT2D eigenvalue weighted by Crippen LogP contribution is -2.20. The van der Waals surface area contributed by atoms with Gasteiger partial charge in [-0.25, -0.2) is 4.98 Å². The van der Waals surface area contributed by atoms with Gasteiger partial charge >= 0.3 is 0 Å². The maximum Gasteiger partial charge on any atom is 0.258 e. The number of hydrogen-bond acceptors (Lipinski definition) is 2. The zero-order valence-electron chi connectivity index (χ0n) is 12.4. The Morgan fingerprint density at radius 2 is 1.86 bits per heavy atom. The molecule has 0 N–H and O–H groups in total. The van der Waals surface area contributed by atoms with Crippen molar-refractivity contribution in [3.05, 3.63) is 65.6 Å². The van der Waals surface area contributed by atoms with Gasteiger partial charge in [-0.2, -0.15) is 0 Å². The number of likely N-dealkylation sites (N-methyl/N-ethyl adjacent to an activating group) is 1. The second kappa shape index (κ2) is 4.56. The Labute approximate surface area is 128 Å². The van der Waals surface area contributed by atoms with E-state index in [1.165, 1.54) is 0 Å². The summed E-state index contributed by atoms with van der Waals surface area (Å²) >= 11 is 0. The van der Waals surface area contributed by atoms with E-state index in [2.05, 4.69) is 4.98 Å². The molecule has 0 aliphatic carbocycles. The fourth-order valence-corrected chi connectivity index (χ4v) is 2.98. The van der Waals surface area contributed by atoms with Crippen LogP contribution < -0.4 is 4.90 Å².